The highest BCUT2D eigenvalue weighted by atomic mass is 19.1. The van der Waals surface area contributed by atoms with Crippen molar-refractivity contribution >= 4 is 5.69 Å². The number of methoxy groups -OCH3 is 1. The van der Waals surface area contributed by atoms with Gasteiger partial charge < -0.3 is 10.1 Å². The van der Waals surface area contributed by atoms with Crippen LogP contribution in [0.2, 0.25) is 0 Å². The fourth-order valence-corrected chi connectivity index (χ4v) is 2.03. The summed E-state index contributed by atoms with van der Waals surface area (Å²) in [5.41, 5.74) is 3.30. The Morgan fingerprint density at radius 1 is 1.10 bits per heavy atom. The maximum atomic E-state index is 13.1. The summed E-state index contributed by atoms with van der Waals surface area (Å²) >= 11 is 0. The Hall–Kier alpha value is -2.03. The number of hydrogen-bond donors (Lipinski definition) is 1. The van der Waals surface area contributed by atoms with Crippen molar-refractivity contribution in [2.24, 2.45) is 0 Å². The van der Waals surface area contributed by atoms with E-state index in [9.17, 15) is 4.39 Å². The molecule has 0 aromatic heterocycles. The SMILES string of the molecule is COc1cc(F)ccc1NCc1ccc(C(C)C)cc1. The molecule has 3 heteroatoms. The molecule has 0 bridgehead atoms. The fourth-order valence-electron chi connectivity index (χ4n) is 2.03. The van der Waals surface area contributed by atoms with Gasteiger partial charge >= 0.3 is 0 Å². The van der Waals surface area contributed by atoms with Crippen LogP contribution in [0.1, 0.15) is 30.9 Å². The van der Waals surface area contributed by atoms with Gasteiger partial charge in [-0.1, -0.05) is 38.1 Å². The topological polar surface area (TPSA) is 21.3 Å². The van der Waals surface area contributed by atoms with Crippen molar-refractivity contribution in [2.45, 2.75) is 26.3 Å². The number of hydrogen-bond acceptors (Lipinski definition) is 2. The average Bonchev–Trinajstić information content (AvgIpc) is 2.46. The van der Waals surface area contributed by atoms with Crippen LogP contribution in [0, 0.1) is 5.82 Å². The summed E-state index contributed by atoms with van der Waals surface area (Å²) in [6.45, 7) is 5.04. The van der Waals surface area contributed by atoms with Crippen LogP contribution < -0.4 is 10.1 Å². The lowest BCUT2D eigenvalue weighted by Crippen LogP contribution is -2.02. The molecule has 0 amide bonds. The van der Waals surface area contributed by atoms with Gasteiger partial charge in [-0.3, -0.25) is 0 Å². The zero-order chi connectivity index (χ0) is 14.5. The predicted octanol–water partition coefficient (Wildman–Crippen LogP) is 4.57. The van der Waals surface area contributed by atoms with E-state index in [0.717, 1.165) is 5.69 Å². The molecule has 0 atom stereocenters. The molecule has 2 rings (SSSR count). The lowest BCUT2D eigenvalue weighted by atomic mass is 10.0. The van der Waals surface area contributed by atoms with E-state index in [0.29, 0.717) is 18.2 Å². The third-order valence-corrected chi connectivity index (χ3v) is 3.29. The monoisotopic (exact) mass is 273 g/mol. The third kappa shape index (κ3) is 3.50. The Balaban J connectivity index is 2.05. The molecule has 0 aliphatic carbocycles. The number of anilines is 1. The largest absolute Gasteiger partial charge is 0.494 e. The second-order valence-corrected chi connectivity index (χ2v) is 5.09. The molecule has 0 radical (unpaired) electrons. The second-order valence-electron chi connectivity index (χ2n) is 5.09. The molecule has 0 aliphatic rings. The molecule has 0 aliphatic heterocycles. The van der Waals surface area contributed by atoms with Gasteiger partial charge in [-0.25, -0.2) is 4.39 Å². The Morgan fingerprint density at radius 3 is 2.40 bits per heavy atom. The van der Waals surface area contributed by atoms with Crippen molar-refractivity contribution in [1.29, 1.82) is 0 Å². The summed E-state index contributed by atoms with van der Waals surface area (Å²) in [6.07, 6.45) is 0. The molecule has 1 N–H and O–H groups in total. The summed E-state index contributed by atoms with van der Waals surface area (Å²) in [6, 6.07) is 13.0. The van der Waals surface area contributed by atoms with Crippen LogP contribution in [0.4, 0.5) is 10.1 Å². The molecule has 0 unspecified atom stereocenters. The second kappa shape index (κ2) is 6.42. The van der Waals surface area contributed by atoms with Gasteiger partial charge in [-0.2, -0.15) is 0 Å². The Kier molecular flexibility index (Phi) is 4.61. The molecule has 0 fully saturated rings. The van der Waals surface area contributed by atoms with Gasteiger partial charge in [0.15, 0.2) is 0 Å². The first kappa shape index (κ1) is 14.4. The van der Waals surface area contributed by atoms with E-state index in [1.54, 1.807) is 6.07 Å². The van der Waals surface area contributed by atoms with E-state index >= 15 is 0 Å². The number of nitrogens with one attached hydrogen (secondary N) is 1. The minimum atomic E-state index is -0.298. The van der Waals surface area contributed by atoms with Gasteiger partial charge in [0.2, 0.25) is 0 Å². The fraction of sp³-hybridized carbons (Fsp3) is 0.294. The molecular formula is C17H20FNO. The molecule has 0 heterocycles. The van der Waals surface area contributed by atoms with Gasteiger partial charge in [-0.15, -0.1) is 0 Å². The standard InChI is InChI=1S/C17H20FNO/c1-12(2)14-6-4-13(5-7-14)11-19-16-9-8-15(18)10-17(16)20-3/h4-10,12,19H,11H2,1-3H3. The smallest absolute Gasteiger partial charge is 0.144 e. The molecule has 0 spiro atoms. The zero-order valence-corrected chi connectivity index (χ0v) is 12.1. The van der Waals surface area contributed by atoms with Crippen LogP contribution in [-0.2, 0) is 6.54 Å². The minimum Gasteiger partial charge on any atom is -0.494 e. The highest BCUT2D eigenvalue weighted by molar-refractivity contribution is 5.56. The molecule has 2 aromatic carbocycles. The molecular weight excluding hydrogens is 253 g/mol. The normalized spacial score (nSPS) is 10.7. The minimum absolute atomic E-state index is 0.298. The predicted molar refractivity (Wildman–Crippen MR) is 80.8 cm³/mol. The van der Waals surface area contributed by atoms with Crippen LogP contribution in [-0.4, -0.2) is 7.11 Å². The van der Waals surface area contributed by atoms with E-state index in [-0.39, 0.29) is 5.82 Å². The number of rotatable bonds is 5. The third-order valence-electron chi connectivity index (χ3n) is 3.29. The van der Waals surface area contributed by atoms with Gasteiger partial charge in [0.25, 0.3) is 0 Å². The molecule has 0 saturated heterocycles. The van der Waals surface area contributed by atoms with Crippen molar-refractivity contribution in [2.75, 3.05) is 12.4 Å². The number of halogens is 1. The van der Waals surface area contributed by atoms with Gasteiger partial charge in [0, 0.05) is 12.6 Å². The van der Waals surface area contributed by atoms with E-state index in [2.05, 4.69) is 43.4 Å². The Bertz CT molecular complexity index is 564. The summed E-state index contributed by atoms with van der Waals surface area (Å²) in [5.74, 6) is 0.756. The first-order valence-electron chi connectivity index (χ1n) is 6.76. The van der Waals surface area contributed by atoms with E-state index in [1.807, 2.05) is 0 Å². The first-order chi connectivity index (χ1) is 9.60. The molecule has 106 valence electrons. The maximum Gasteiger partial charge on any atom is 0.144 e. The highest BCUT2D eigenvalue weighted by Crippen LogP contribution is 2.25. The van der Waals surface area contributed by atoms with Gasteiger partial charge in [0.1, 0.15) is 11.6 Å². The number of benzene rings is 2. The summed E-state index contributed by atoms with van der Waals surface area (Å²) in [4.78, 5) is 0. The maximum absolute atomic E-state index is 13.1. The summed E-state index contributed by atoms with van der Waals surface area (Å²) < 4.78 is 18.3. The Labute approximate surface area is 119 Å². The van der Waals surface area contributed by atoms with Crippen LogP contribution >= 0.6 is 0 Å². The van der Waals surface area contributed by atoms with Crippen molar-refractivity contribution < 1.29 is 9.13 Å². The van der Waals surface area contributed by atoms with E-state index in [4.69, 9.17) is 4.74 Å². The lowest BCUT2D eigenvalue weighted by molar-refractivity contribution is 0.413. The summed E-state index contributed by atoms with van der Waals surface area (Å²) in [5, 5.41) is 3.26. The van der Waals surface area contributed by atoms with Crippen molar-refractivity contribution in [3.05, 3.63) is 59.4 Å². The van der Waals surface area contributed by atoms with Crippen LogP contribution in [0.25, 0.3) is 0 Å². The Morgan fingerprint density at radius 2 is 1.80 bits per heavy atom. The molecule has 20 heavy (non-hydrogen) atoms. The molecule has 2 aromatic rings. The van der Waals surface area contributed by atoms with Gasteiger partial charge in [0.05, 0.1) is 12.8 Å². The quantitative estimate of drug-likeness (QED) is 0.861. The van der Waals surface area contributed by atoms with Crippen LogP contribution in [0.3, 0.4) is 0 Å². The van der Waals surface area contributed by atoms with Crippen LogP contribution in [0.15, 0.2) is 42.5 Å². The van der Waals surface area contributed by atoms with Crippen molar-refractivity contribution in [3.8, 4) is 5.75 Å². The molecule has 2 nitrogen and oxygen atoms in total. The van der Waals surface area contributed by atoms with Crippen molar-refractivity contribution in [1.82, 2.24) is 0 Å². The first-order valence-corrected chi connectivity index (χ1v) is 6.76. The van der Waals surface area contributed by atoms with Gasteiger partial charge in [-0.05, 0) is 29.2 Å². The average molecular weight is 273 g/mol. The van der Waals surface area contributed by atoms with E-state index < -0.39 is 0 Å². The van der Waals surface area contributed by atoms with Crippen molar-refractivity contribution in [3.63, 3.8) is 0 Å². The zero-order valence-electron chi connectivity index (χ0n) is 12.1. The lowest BCUT2D eigenvalue weighted by Gasteiger charge is -2.12. The summed E-state index contributed by atoms with van der Waals surface area (Å²) in [7, 11) is 1.54. The highest BCUT2D eigenvalue weighted by Gasteiger charge is 2.04. The van der Waals surface area contributed by atoms with E-state index in [1.165, 1.54) is 30.4 Å². The molecule has 0 saturated carbocycles. The number of ether oxygens (including phenoxy) is 1. The van der Waals surface area contributed by atoms with Crippen LogP contribution in [0.5, 0.6) is 5.75 Å².